The van der Waals surface area contributed by atoms with Crippen LogP contribution in [0.15, 0.2) is 65.2 Å². The molecule has 4 heteroatoms. The van der Waals surface area contributed by atoms with Crippen molar-refractivity contribution >= 4 is 17.5 Å². The Hall–Kier alpha value is -2.07. The molecule has 2 aromatic rings. The van der Waals surface area contributed by atoms with E-state index >= 15 is 0 Å². The first kappa shape index (κ1) is 17.3. The number of carbonyl (C=O) groups excluding carboxylic acids is 1. The number of thioether (sulfide) groups is 1. The summed E-state index contributed by atoms with van der Waals surface area (Å²) < 4.78 is 14.0. The Balaban J connectivity index is 2.15. The molecule has 0 aliphatic rings. The van der Waals surface area contributed by atoms with Crippen LogP contribution < -0.4 is 0 Å². The predicted octanol–water partition coefficient (Wildman–Crippen LogP) is 4.77. The third-order valence-electron chi connectivity index (χ3n) is 3.50. The molecule has 2 rings (SSSR count). The summed E-state index contributed by atoms with van der Waals surface area (Å²) in [6.07, 6.45) is 1.46. The highest BCUT2D eigenvalue weighted by atomic mass is 32.2. The molecule has 0 heterocycles. The highest BCUT2D eigenvalue weighted by molar-refractivity contribution is 7.98. The van der Waals surface area contributed by atoms with E-state index < -0.39 is 5.82 Å². The average Bonchev–Trinajstić information content (AvgIpc) is 2.54. The fourth-order valence-electron chi connectivity index (χ4n) is 1.92. The molecule has 120 valence electrons. The minimum absolute atomic E-state index is 0.115. The van der Waals surface area contributed by atoms with Gasteiger partial charge in [0.2, 0.25) is 0 Å². The topological polar surface area (TPSA) is 20.3 Å². The summed E-state index contributed by atoms with van der Waals surface area (Å²) in [6.45, 7) is 1.82. The SMILES string of the molecule is CC(=CC(=O)c1cc(SCc2ccccc2)ccc1F)N(C)C. The standard InChI is InChI=1S/C19H20FNOS/c1-14(21(2)3)11-19(22)17-12-16(9-10-18(17)20)23-13-15-7-5-4-6-8-15/h4-12H,13H2,1-3H3. The highest BCUT2D eigenvalue weighted by Crippen LogP contribution is 2.25. The number of allylic oxidation sites excluding steroid dienone is 2. The van der Waals surface area contributed by atoms with Crippen molar-refractivity contribution in [3.8, 4) is 0 Å². The number of rotatable bonds is 6. The van der Waals surface area contributed by atoms with Crippen LogP contribution in [0.5, 0.6) is 0 Å². The van der Waals surface area contributed by atoms with Crippen molar-refractivity contribution in [3.63, 3.8) is 0 Å². The highest BCUT2D eigenvalue weighted by Gasteiger charge is 2.11. The molecule has 0 saturated heterocycles. The van der Waals surface area contributed by atoms with Gasteiger partial charge in [0.1, 0.15) is 5.82 Å². The Bertz CT molecular complexity index is 711. The van der Waals surface area contributed by atoms with Gasteiger partial charge in [-0.25, -0.2) is 4.39 Å². The molecule has 2 nitrogen and oxygen atoms in total. The zero-order valence-corrected chi connectivity index (χ0v) is 14.4. The van der Waals surface area contributed by atoms with Crippen molar-refractivity contribution in [1.29, 1.82) is 0 Å². The normalized spacial score (nSPS) is 11.4. The van der Waals surface area contributed by atoms with Gasteiger partial charge in [0, 0.05) is 36.5 Å². The van der Waals surface area contributed by atoms with Crippen molar-refractivity contribution in [2.75, 3.05) is 14.1 Å². The number of hydrogen-bond donors (Lipinski definition) is 0. The van der Waals surface area contributed by atoms with E-state index in [-0.39, 0.29) is 11.3 Å². The van der Waals surface area contributed by atoms with Gasteiger partial charge in [-0.3, -0.25) is 4.79 Å². The second-order valence-electron chi connectivity index (χ2n) is 5.46. The monoisotopic (exact) mass is 329 g/mol. The number of hydrogen-bond acceptors (Lipinski definition) is 3. The lowest BCUT2D eigenvalue weighted by atomic mass is 10.1. The van der Waals surface area contributed by atoms with Crippen LogP contribution >= 0.6 is 11.8 Å². The second kappa shape index (κ2) is 7.97. The summed E-state index contributed by atoms with van der Waals surface area (Å²) in [5.74, 6) is -0.00938. The third kappa shape index (κ3) is 4.96. The van der Waals surface area contributed by atoms with Gasteiger partial charge >= 0.3 is 0 Å². The van der Waals surface area contributed by atoms with E-state index in [2.05, 4.69) is 0 Å². The smallest absolute Gasteiger partial charge is 0.190 e. The maximum atomic E-state index is 14.0. The molecule has 0 spiro atoms. The Morgan fingerprint density at radius 2 is 1.87 bits per heavy atom. The third-order valence-corrected chi connectivity index (χ3v) is 4.56. The summed E-state index contributed by atoms with van der Waals surface area (Å²) >= 11 is 1.59. The van der Waals surface area contributed by atoms with E-state index in [0.29, 0.717) is 0 Å². The van der Waals surface area contributed by atoms with E-state index in [0.717, 1.165) is 16.3 Å². The van der Waals surface area contributed by atoms with Crippen molar-refractivity contribution < 1.29 is 9.18 Å². The zero-order valence-electron chi connectivity index (χ0n) is 13.5. The molecule has 0 fully saturated rings. The van der Waals surface area contributed by atoms with Crippen LogP contribution in [-0.2, 0) is 5.75 Å². The summed E-state index contributed by atoms with van der Waals surface area (Å²) in [4.78, 5) is 15.0. The molecule has 0 atom stereocenters. The summed E-state index contributed by atoms with van der Waals surface area (Å²) in [6, 6.07) is 14.8. The first-order chi connectivity index (χ1) is 11.0. The molecular formula is C19H20FNOS. The lowest BCUT2D eigenvalue weighted by molar-refractivity contribution is 0.104. The van der Waals surface area contributed by atoms with E-state index in [1.54, 1.807) is 23.9 Å². The molecule has 0 aliphatic heterocycles. The van der Waals surface area contributed by atoms with Gasteiger partial charge in [-0.05, 0) is 30.7 Å². The van der Waals surface area contributed by atoms with E-state index in [1.165, 1.54) is 17.7 Å². The van der Waals surface area contributed by atoms with Gasteiger partial charge in [-0.15, -0.1) is 11.8 Å². The average molecular weight is 329 g/mol. The summed E-state index contributed by atoms with van der Waals surface area (Å²) in [5.41, 5.74) is 2.10. The van der Waals surface area contributed by atoms with Crippen molar-refractivity contribution in [3.05, 3.63) is 77.2 Å². The molecule has 0 radical (unpaired) electrons. The van der Waals surface area contributed by atoms with Crippen LogP contribution in [0, 0.1) is 5.82 Å². The maximum absolute atomic E-state index is 14.0. The molecule has 23 heavy (non-hydrogen) atoms. The van der Waals surface area contributed by atoms with Crippen molar-refractivity contribution in [2.45, 2.75) is 17.6 Å². The van der Waals surface area contributed by atoms with E-state index in [4.69, 9.17) is 0 Å². The number of carbonyl (C=O) groups is 1. The Labute approximate surface area is 141 Å². The van der Waals surface area contributed by atoms with Crippen molar-refractivity contribution in [1.82, 2.24) is 4.90 Å². The maximum Gasteiger partial charge on any atom is 0.190 e. The first-order valence-corrected chi connectivity index (χ1v) is 8.32. The minimum atomic E-state index is -0.484. The molecule has 0 aliphatic carbocycles. The summed E-state index contributed by atoms with van der Waals surface area (Å²) in [7, 11) is 3.70. The Kier molecular flexibility index (Phi) is 5.99. The number of benzene rings is 2. The van der Waals surface area contributed by atoms with Gasteiger partial charge in [-0.2, -0.15) is 0 Å². The predicted molar refractivity (Wildman–Crippen MR) is 94.2 cm³/mol. The van der Waals surface area contributed by atoms with Crippen LogP contribution in [0.2, 0.25) is 0 Å². The second-order valence-corrected chi connectivity index (χ2v) is 6.51. The lowest BCUT2D eigenvalue weighted by Crippen LogP contribution is -2.10. The van der Waals surface area contributed by atoms with Gasteiger partial charge in [0.25, 0.3) is 0 Å². The Morgan fingerprint density at radius 3 is 2.52 bits per heavy atom. The fraction of sp³-hybridized carbons (Fsp3) is 0.211. The van der Waals surface area contributed by atoms with E-state index in [1.807, 2.05) is 56.3 Å². The largest absolute Gasteiger partial charge is 0.381 e. The number of halogens is 1. The molecule has 0 amide bonds. The molecule has 0 unspecified atom stereocenters. The van der Waals surface area contributed by atoms with Crippen LogP contribution in [0.4, 0.5) is 4.39 Å². The number of ketones is 1. The first-order valence-electron chi connectivity index (χ1n) is 7.33. The molecule has 2 aromatic carbocycles. The lowest BCUT2D eigenvalue weighted by Gasteiger charge is -2.12. The molecule has 0 saturated carbocycles. The zero-order chi connectivity index (χ0) is 16.8. The van der Waals surface area contributed by atoms with Crippen LogP contribution in [0.25, 0.3) is 0 Å². The molecule has 0 N–H and O–H groups in total. The molecule has 0 bridgehead atoms. The van der Waals surface area contributed by atoms with Gasteiger partial charge in [-0.1, -0.05) is 30.3 Å². The van der Waals surface area contributed by atoms with Gasteiger partial charge in [0.05, 0.1) is 5.56 Å². The van der Waals surface area contributed by atoms with Crippen molar-refractivity contribution in [2.24, 2.45) is 0 Å². The minimum Gasteiger partial charge on any atom is -0.381 e. The van der Waals surface area contributed by atoms with Crippen LogP contribution in [0.3, 0.4) is 0 Å². The van der Waals surface area contributed by atoms with E-state index in [9.17, 15) is 9.18 Å². The molecule has 0 aromatic heterocycles. The summed E-state index contributed by atoms with van der Waals surface area (Å²) in [5, 5.41) is 0. The molecular weight excluding hydrogens is 309 g/mol. The van der Waals surface area contributed by atoms with Crippen LogP contribution in [0.1, 0.15) is 22.8 Å². The quantitative estimate of drug-likeness (QED) is 0.433. The van der Waals surface area contributed by atoms with Gasteiger partial charge < -0.3 is 4.90 Å². The Morgan fingerprint density at radius 1 is 1.17 bits per heavy atom. The fourth-order valence-corrected chi connectivity index (χ4v) is 2.81. The van der Waals surface area contributed by atoms with Gasteiger partial charge in [0.15, 0.2) is 5.78 Å². The van der Waals surface area contributed by atoms with Crippen LogP contribution in [-0.4, -0.2) is 24.8 Å². The number of nitrogens with zero attached hydrogens (tertiary/aromatic N) is 1.